The molecule has 2 heteroatoms. The van der Waals surface area contributed by atoms with E-state index < -0.39 is 0 Å². The van der Waals surface area contributed by atoms with Crippen LogP contribution < -0.4 is 5.32 Å². The van der Waals surface area contributed by atoms with Crippen LogP contribution in [0.15, 0.2) is 24.3 Å². The van der Waals surface area contributed by atoms with Gasteiger partial charge in [0.1, 0.15) is 0 Å². The van der Waals surface area contributed by atoms with E-state index in [4.69, 9.17) is 0 Å². The Morgan fingerprint density at radius 1 is 1.25 bits per heavy atom. The van der Waals surface area contributed by atoms with Gasteiger partial charge in [0.15, 0.2) is 0 Å². The molecule has 0 saturated heterocycles. The maximum atomic E-state index is 3.20. The molecule has 0 fully saturated rings. The van der Waals surface area contributed by atoms with Crippen LogP contribution in [0.25, 0.3) is 0 Å². The number of benzene rings is 1. The largest absolute Gasteiger partial charge is 0.320 e. The van der Waals surface area contributed by atoms with E-state index in [2.05, 4.69) is 55.4 Å². The second-order valence-corrected chi connectivity index (χ2v) is 4.64. The molecule has 0 saturated carbocycles. The molecular weight excluding hydrogens is 196 g/mol. The third-order valence-corrected chi connectivity index (χ3v) is 3.12. The molecule has 0 aromatic heterocycles. The molecule has 0 spiro atoms. The normalized spacial score (nSPS) is 13.1. The van der Waals surface area contributed by atoms with Gasteiger partial charge in [-0.1, -0.05) is 29.8 Å². The summed E-state index contributed by atoms with van der Waals surface area (Å²) < 4.78 is 0. The first kappa shape index (κ1) is 13.2. The Hall–Kier alpha value is -0.860. The number of hydrogen-bond donors (Lipinski definition) is 1. The average molecular weight is 220 g/mol. The van der Waals surface area contributed by atoms with E-state index in [0.29, 0.717) is 6.04 Å². The Labute approximate surface area is 99.7 Å². The molecule has 1 aromatic carbocycles. The van der Waals surface area contributed by atoms with Crippen LogP contribution in [0.2, 0.25) is 0 Å². The zero-order chi connectivity index (χ0) is 12.0. The first-order valence-corrected chi connectivity index (χ1v) is 6.04. The van der Waals surface area contributed by atoms with Crippen LogP contribution in [0, 0.1) is 6.92 Å². The van der Waals surface area contributed by atoms with Gasteiger partial charge in [-0.25, -0.2) is 0 Å². The van der Waals surface area contributed by atoms with Gasteiger partial charge in [0.2, 0.25) is 0 Å². The summed E-state index contributed by atoms with van der Waals surface area (Å²) in [6, 6.07) is 9.42. The standard InChI is InChI=1S/C14H24N2/c1-12-5-7-14(8-6-12)11-16(4)13(2)9-10-15-3/h5-8,13,15H,9-11H2,1-4H3. The highest BCUT2D eigenvalue weighted by atomic mass is 15.1. The van der Waals surface area contributed by atoms with Crippen LogP contribution in [-0.4, -0.2) is 31.6 Å². The molecule has 0 aliphatic carbocycles. The molecule has 2 nitrogen and oxygen atoms in total. The summed E-state index contributed by atoms with van der Waals surface area (Å²) in [6.45, 7) is 6.53. The van der Waals surface area contributed by atoms with Crippen molar-refractivity contribution in [2.75, 3.05) is 20.6 Å². The molecule has 1 N–H and O–H groups in total. The van der Waals surface area contributed by atoms with Crippen molar-refractivity contribution in [3.8, 4) is 0 Å². The van der Waals surface area contributed by atoms with Crippen molar-refractivity contribution in [1.29, 1.82) is 0 Å². The minimum absolute atomic E-state index is 0.619. The van der Waals surface area contributed by atoms with E-state index >= 15 is 0 Å². The summed E-state index contributed by atoms with van der Waals surface area (Å²) in [6.07, 6.45) is 1.19. The summed E-state index contributed by atoms with van der Waals surface area (Å²) in [5.41, 5.74) is 2.72. The zero-order valence-corrected chi connectivity index (χ0v) is 11.0. The van der Waals surface area contributed by atoms with E-state index in [9.17, 15) is 0 Å². The Kier molecular flexibility index (Phi) is 5.50. The van der Waals surface area contributed by atoms with Gasteiger partial charge in [0.25, 0.3) is 0 Å². The quantitative estimate of drug-likeness (QED) is 0.792. The number of rotatable bonds is 6. The van der Waals surface area contributed by atoms with Crippen LogP contribution in [-0.2, 0) is 6.54 Å². The topological polar surface area (TPSA) is 15.3 Å². The van der Waals surface area contributed by atoms with Crippen molar-refractivity contribution in [3.63, 3.8) is 0 Å². The number of aryl methyl sites for hydroxylation is 1. The lowest BCUT2D eigenvalue weighted by atomic mass is 10.1. The van der Waals surface area contributed by atoms with Gasteiger partial charge in [-0.3, -0.25) is 4.90 Å². The molecular formula is C14H24N2. The van der Waals surface area contributed by atoms with Gasteiger partial charge >= 0.3 is 0 Å². The monoisotopic (exact) mass is 220 g/mol. The highest BCUT2D eigenvalue weighted by molar-refractivity contribution is 5.21. The molecule has 1 rings (SSSR count). The van der Waals surface area contributed by atoms with Crippen LogP contribution in [0.4, 0.5) is 0 Å². The summed E-state index contributed by atoms with van der Waals surface area (Å²) >= 11 is 0. The van der Waals surface area contributed by atoms with Crippen molar-refractivity contribution >= 4 is 0 Å². The van der Waals surface area contributed by atoms with Crippen LogP contribution in [0.5, 0.6) is 0 Å². The zero-order valence-electron chi connectivity index (χ0n) is 11.0. The predicted molar refractivity (Wildman–Crippen MR) is 70.7 cm³/mol. The highest BCUT2D eigenvalue weighted by Gasteiger charge is 2.08. The number of hydrogen-bond acceptors (Lipinski definition) is 2. The molecule has 0 radical (unpaired) electrons. The Morgan fingerprint density at radius 2 is 1.88 bits per heavy atom. The second kappa shape index (κ2) is 6.66. The lowest BCUT2D eigenvalue weighted by Gasteiger charge is -2.24. The molecule has 0 heterocycles. The summed E-state index contributed by atoms with van der Waals surface area (Å²) in [5, 5.41) is 3.20. The van der Waals surface area contributed by atoms with Crippen molar-refractivity contribution in [2.45, 2.75) is 32.9 Å². The molecule has 1 unspecified atom stereocenters. The van der Waals surface area contributed by atoms with Gasteiger partial charge in [-0.15, -0.1) is 0 Å². The van der Waals surface area contributed by atoms with Crippen LogP contribution in [0.1, 0.15) is 24.5 Å². The fourth-order valence-electron chi connectivity index (χ4n) is 1.71. The van der Waals surface area contributed by atoms with Crippen LogP contribution in [0.3, 0.4) is 0 Å². The Morgan fingerprint density at radius 3 is 2.44 bits per heavy atom. The summed E-state index contributed by atoms with van der Waals surface area (Å²) in [5.74, 6) is 0. The fourth-order valence-corrected chi connectivity index (χ4v) is 1.71. The Balaban J connectivity index is 2.43. The third-order valence-electron chi connectivity index (χ3n) is 3.12. The van der Waals surface area contributed by atoms with E-state index in [-0.39, 0.29) is 0 Å². The Bertz CT molecular complexity index is 292. The average Bonchev–Trinajstić information content (AvgIpc) is 2.29. The van der Waals surface area contributed by atoms with E-state index in [1.54, 1.807) is 0 Å². The van der Waals surface area contributed by atoms with Crippen molar-refractivity contribution in [2.24, 2.45) is 0 Å². The van der Waals surface area contributed by atoms with Gasteiger partial charge in [-0.05, 0) is 46.5 Å². The third kappa shape index (κ3) is 4.33. The molecule has 0 aliphatic heterocycles. The van der Waals surface area contributed by atoms with Crippen molar-refractivity contribution in [3.05, 3.63) is 35.4 Å². The van der Waals surface area contributed by atoms with Gasteiger partial charge in [-0.2, -0.15) is 0 Å². The minimum Gasteiger partial charge on any atom is -0.320 e. The van der Waals surface area contributed by atoms with E-state index in [0.717, 1.165) is 13.1 Å². The van der Waals surface area contributed by atoms with E-state index in [1.807, 2.05) is 7.05 Å². The molecule has 90 valence electrons. The van der Waals surface area contributed by atoms with Gasteiger partial charge in [0.05, 0.1) is 0 Å². The molecule has 1 aromatic rings. The lowest BCUT2D eigenvalue weighted by molar-refractivity contribution is 0.237. The lowest BCUT2D eigenvalue weighted by Crippen LogP contribution is -2.31. The predicted octanol–water partition coefficient (Wildman–Crippen LogP) is 2.42. The van der Waals surface area contributed by atoms with Gasteiger partial charge in [0, 0.05) is 12.6 Å². The molecule has 16 heavy (non-hydrogen) atoms. The fraction of sp³-hybridized carbons (Fsp3) is 0.571. The number of nitrogens with one attached hydrogen (secondary N) is 1. The maximum Gasteiger partial charge on any atom is 0.0233 e. The minimum atomic E-state index is 0.619. The first-order valence-electron chi connectivity index (χ1n) is 6.04. The molecule has 0 aliphatic rings. The SMILES string of the molecule is CNCCC(C)N(C)Cc1ccc(C)cc1. The maximum absolute atomic E-state index is 3.20. The van der Waals surface area contributed by atoms with Crippen LogP contribution >= 0.6 is 0 Å². The highest BCUT2D eigenvalue weighted by Crippen LogP contribution is 2.09. The molecule has 0 bridgehead atoms. The first-order chi connectivity index (χ1) is 7.63. The van der Waals surface area contributed by atoms with Crippen molar-refractivity contribution in [1.82, 2.24) is 10.2 Å². The smallest absolute Gasteiger partial charge is 0.0233 e. The second-order valence-electron chi connectivity index (χ2n) is 4.64. The number of nitrogens with zero attached hydrogens (tertiary/aromatic N) is 1. The van der Waals surface area contributed by atoms with E-state index in [1.165, 1.54) is 17.5 Å². The molecule has 1 atom stereocenters. The summed E-state index contributed by atoms with van der Waals surface area (Å²) in [7, 11) is 4.20. The van der Waals surface area contributed by atoms with Gasteiger partial charge < -0.3 is 5.32 Å². The summed E-state index contributed by atoms with van der Waals surface area (Å²) in [4.78, 5) is 2.40. The van der Waals surface area contributed by atoms with Crippen molar-refractivity contribution < 1.29 is 0 Å². The molecule has 0 amide bonds.